The summed E-state index contributed by atoms with van der Waals surface area (Å²) in [5.74, 6) is 0. The predicted molar refractivity (Wildman–Crippen MR) is 60.2 cm³/mol. The highest BCUT2D eigenvalue weighted by atomic mass is 16.3. The molecule has 0 saturated heterocycles. The van der Waals surface area contributed by atoms with Crippen LogP contribution < -0.4 is 0 Å². The molecule has 0 fully saturated rings. The third kappa shape index (κ3) is 10.0. The molecule has 14 heavy (non-hydrogen) atoms. The molecule has 1 unspecified atom stereocenters. The molecule has 0 heterocycles. The topological polar surface area (TPSA) is 40.5 Å². The molecule has 0 aliphatic heterocycles. The molecule has 0 rings (SSSR count). The quantitative estimate of drug-likeness (QED) is 0.623. The van der Waals surface area contributed by atoms with E-state index in [-0.39, 0.29) is 6.61 Å². The first-order valence-electron chi connectivity index (χ1n) is 5.74. The molecular formula is C12H26O2. The van der Waals surface area contributed by atoms with E-state index in [1.807, 2.05) is 0 Å². The number of aliphatic hydroxyl groups excluding tert-OH is 2. The fourth-order valence-corrected chi connectivity index (χ4v) is 1.48. The van der Waals surface area contributed by atoms with Gasteiger partial charge in [0, 0.05) is 0 Å². The number of unbranched alkanes of at least 4 members (excludes halogenated alkanes) is 3. The molecule has 0 aliphatic carbocycles. The zero-order valence-electron chi connectivity index (χ0n) is 9.92. The van der Waals surface area contributed by atoms with E-state index < -0.39 is 6.10 Å². The second-order valence-electron chi connectivity index (χ2n) is 5.35. The van der Waals surface area contributed by atoms with Crippen LogP contribution in [0.4, 0.5) is 0 Å². The molecule has 0 spiro atoms. The molecule has 2 nitrogen and oxygen atoms in total. The van der Waals surface area contributed by atoms with Gasteiger partial charge in [0.2, 0.25) is 0 Å². The molecule has 2 N–H and O–H groups in total. The Morgan fingerprint density at radius 3 is 2.07 bits per heavy atom. The predicted octanol–water partition coefficient (Wildman–Crippen LogP) is 2.73. The van der Waals surface area contributed by atoms with Crippen molar-refractivity contribution in [1.82, 2.24) is 0 Å². The molecule has 0 aliphatic rings. The molecule has 0 aromatic heterocycles. The molecule has 2 heteroatoms. The third-order valence-corrected chi connectivity index (χ3v) is 2.42. The minimum atomic E-state index is -0.502. The van der Waals surface area contributed by atoms with Crippen molar-refractivity contribution in [2.45, 2.75) is 65.4 Å². The van der Waals surface area contributed by atoms with Gasteiger partial charge in [-0.1, -0.05) is 46.5 Å². The lowest BCUT2D eigenvalue weighted by molar-refractivity contribution is 0.0859. The minimum Gasteiger partial charge on any atom is -0.394 e. The Hall–Kier alpha value is -0.0800. The Labute approximate surface area is 88.3 Å². The maximum Gasteiger partial charge on any atom is 0.0770 e. The Morgan fingerprint density at radius 2 is 1.57 bits per heavy atom. The van der Waals surface area contributed by atoms with Gasteiger partial charge in [0.05, 0.1) is 12.7 Å². The van der Waals surface area contributed by atoms with Crippen molar-refractivity contribution in [3.05, 3.63) is 0 Å². The fraction of sp³-hybridized carbons (Fsp3) is 1.00. The Kier molecular flexibility index (Phi) is 7.20. The van der Waals surface area contributed by atoms with Gasteiger partial charge in [0.25, 0.3) is 0 Å². The van der Waals surface area contributed by atoms with E-state index in [1.165, 1.54) is 25.7 Å². The second-order valence-corrected chi connectivity index (χ2v) is 5.35. The van der Waals surface area contributed by atoms with E-state index in [2.05, 4.69) is 20.8 Å². The van der Waals surface area contributed by atoms with Crippen molar-refractivity contribution in [2.24, 2.45) is 5.41 Å². The summed E-state index contributed by atoms with van der Waals surface area (Å²) in [4.78, 5) is 0. The Morgan fingerprint density at radius 1 is 1.00 bits per heavy atom. The number of hydrogen-bond acceptors (Lipinski definition) is 2. The van der Waals surface area contributed by atoms with Crippen LogP contribution in [-0.4, -0.2) is 22.9 Å². The van der Waals surface area contributed by atoms with Gasteiger partial charge in [-0.15, -0.1) is 0 Å². The highest BCUT2D eigenvalue weighted by molar-refractivity contribution is 4.61. The van der Waals surface area contributed by atoms with Crippen LogP contribution in [0.1, 0.15) is 59.3 Å². The van der Waals surface area contributed by atoms with E-state index in [4.69, 9.17) is 10.2 Å². The van der Waals surface area contributed by atoms with Crippen molar-refractivity contribution in [3.8, 4) is 0 Å². The highest BCUT2D eigenvalue weighted by Crippen LogP contribution is 2.22. The summed E-state index contributed by atoms with van der Waals surface area (Å²) in [7, 11) is 0. The van der Waals surface area contributed by atoms with Crippen molar-refractivity contribution in [3.63, 3.8) is 0 Å². The van der Waals surface area contributed by atoms with Crippen molar-refractivity contribution >= 4 is 0 Å². The molecule has 0 saturated carbocycles. The van der Waals surface area contributed by atoms with Crippen molar-refractivity contribution < 1.29 is 10.2 Å². The van der Waals surface area contributed by atoms with Gasteiger partial charge in [-0.25, -0.2) is 0 Å². The van der Waals surface area contributed by atoms with E-state index in [9.17, 15) is 0 Å². The molecule has 0 aromatic rings. The van der Waals surface area contributed by atoms with Crippen LogP contribution in [0.25, 0.3) is 0 Å². The summed E-state index contributed by atoms with van der Waals surface area (Å²) in [5, 5.41) is 17.7. The fourth-order valence-electron chi connectivity index (χ4n) is 1.48. The van der Waals surface area contributed by atoms with Gasteiger partial charge >= 0.3 is 0 Å². The molecule has 0 amide bonds. The van der Waals surface area contributed by atoms with Crippen LogP contribution in [-0.2, 0) is 0 Å². The summed E-state index contributed by atoms with van der Waals surface area (Å²) in [6.07, 6.45) is 6.24. The van der Waals surface area contributed by atoms with Crippen LogP contribution >= 0.6 is 0 Å². The number of aliphatic hydroxyl groups is 2. The van der Waals surface area contributed by atoms with Crippen LogP contribution in [0.5, 0.6) is 0 Å². The molecular weight excluding hydrogens is 176 g/mol. The largest absolute Gasteiger partial charge is 0.394 e. The Bertz CT molecular complexity index is 127. The van der Waals surface area contributed by atoms with Crippen LogP contribution in [0.15, 0.2) is 0 Å². The van der Waals surface area contributed by atoms with Gasteiger partial charge in [-0.2, -0.15) is 0 Å². The normalized spacial score (nSPS) is 14.4. The lowest BCUT2D eigenvalue weighted by atomic mass is 9.89. The number of rotatable bonds is 7. The minimum absolute atomic E-state index is 0.0952. The number of hydrogen-bond donors (Lipinski definition) is 2. The van der Waals surface area contributed by atoms with Crippen LogP contribution in [0.2, 0.25) is 0 Å². The highest BCUT2D eigenvalue weighted by Gasteiger charge is 2.08. The zero-order chi connectivity index (χ0) is 11.0. The van der Waals surface area contributed by atoms with Crippen LogP contribution in [0, 0.1) is 5.41 Å². The molecule has 1 atom stereocenters. The first kappa shape index (κ1) is 13.9. The summed E-state index contributed by atoms with van der Waals surface area (Å²) in [6.45, 7) is 6.70. The monoisotopic (exact) mass is 202 g/mol. The van der Waals surface area contributed by atoms with Gasteiger partial charge < -0.3 is 10.2 Å². The van der Waals surface area contributed by atoms with Gasteiger partial charge in [0.15, 0.2) is 0 Å². The smallest absolute Gasteiger partial charge is 0.0770 e. The van der Waals surface area contributed by atoms with E-state index in [0.29, 0.717) is 5.41 Å². The van der Waals surface area contributed by atoms with Crippen LogP contribution in [0.3, 0.4) is 0 Å². The maximum atomic E-state index is 9.09. The van der Waals surface area contributed by atoms with Gasteiger partial charge in [-0.05, 0) is 18.3 Å². The summed E-state index contributed by atoms with van der Waals surface area (Å²) in [6, 6.07) is 0. The average molecular weight is 202 g/mol. The van der Waals surface area contributed by atoms with E-state index >= 15 is 0 Å². The average Bonchev–Trinajstić information content (AvgIpc) is 2.08. The summed E-state index contributed by atoms with van der Waals surface area (Å²) < 4.78 is 0. The third-order valence-electron chi connectivity index (χ3n) is 2.42. The van der Waals surface area contributed by atoms with Gasteiger partial charge in [-0.3, -0.25) is 0 Å². The molecule has 0 bridgehead atoms. The molecule has 0 radical (unpaired) electrons. The lowest BCUT2D eigenvalue weighted by Crippen LogP contribution is -2.11. The SMILES string of the molecule is CC(C)(C)CCCCCCC(O)CO. The molecule has 86 valence electrons. The standard InChI is InChI=1S/C12H26O2/c1-12(2,3)9-7-5-4-6-8-11(14)10-13/h11,13-14H,4-10H2,1-3H3. The van der Waals surface area contributed by atoms with E-state index in [1.54, 1.807) is 0 Å². The lowest BCUT2D eigenvalue weighted by Gasteiger charge is -2.17. The first-order chi connectivity index (χ1) is 6.45. The Balaban J connectivity index is 3.14. The van der Waals surface area contributed by atoms with Crippen molar-refractivity contribution in [2.75, 3.05) is 6.61 Å². The van der Waals surface area contributed by atoms with E-state index in [0.717, 1.165) is 12.8 Å². The van der Waals surface area contributed by atoms with Gasteiger partial charge in [0.1, 0.15) is 0 Å². The summed E-state index contributed by atoms with van der Waals surface area (Å²) in [5.41, 5.74) is 0.449. The zero-order valence-corrected chi connectivity index (χ0v) is 9.92. The first-order valence-corrected chi connectivity index (χ1v) is 5.74. The second kappa shape index (κ2) is 7.24. The molecule has 0 aromatic carbocycles. The van der Waals surface area contributed by atoms with Crippen molar-refractivity contribution in [1.29, 1.82) is 0 Å². The maximum absolute atomic E-state index is 9.09. The summed E-state index contributed by atoms with van der Waals surface area (Å²) >= 11 is 0.